The molecule has 15 heavy (non-hydrogen) atoms. The summed E-state index contributed by atoms with van der Waals surface area (Å²) < 4.78 is 31.1. The Morgan fingerprint density at radius 1 is 1.40 bits per heavy atom. The van der Waals surface area contributed by atoms with Crippen molar-refractivity contribution in [3.8, 4) is 5.75 Å². The fourth-order valence-electron chi connectivity index (χ4n) is 0.873. The lowest BCUT2D eigenvalue weighted by Gasteiger charge is -2.12. The zero-order valence-electron chi connectivity index (χ0n) is 8.18. The third kappa shape index (κ3) is 2.65. The number of halogens is 3. The molecule has 0 fully saturated rings. The van der Waals surface area contributed by atoms with Gasteiger partial charge in [-0.2, -0.15) is 4.39 Å². The van der Waals surface area contributed by atoms with Gasteiger partial charge in [-0.05, 0) is 26.0 Å². The van der Waals surface area contributed by atoms with Crippen molar-refractivity contribution in [3.63, 3.8) is 0 Å². The molecule has 0 radical (unpaired) electrons. The number of benzene rings is 1. The molecule has 0 heterocycles. The second-order valence-corrected chi connectivity index (χ2v) is 3.45. The van der Waals surface area contributed by atoms with E-state index in [-0.39, 0.29) is 16.6 Å². The minimum Gasteiger partial charge on any atom is -0.480 e. The first kappa shape index (κ1) is 11.9. The van der Waals surface area contributed by atoms with Gasteiger partial charge in [-0.3, -0.25) is 4.79 Å². The molecule has 0 amide bonds. The molecule has 82 valence electrons. The lowest BCUT2D eigenvalue weighted by Crippen LogP contribution is -2.21. The topological polar surface area (TPSA) is 26.3 Å². The molecular formula is C10H9ClF2O2. The molecule has 1 unspecified atom stereocenters. The maximum atomic E-state index is 13.2. The maximum absolute atomic E-state index is 13.2. The van der Waals surface area contributed by atoms with E-state index >= 15 is 0 Å². The Morgan fingerprint density at radius 2 is 2.00 bits per heavy atom. The average Bonchev–Trinajstić information content (AvgIpc) is 2.18. The van der Waals surface area contributed by atoms with E-state index in [1.807, 2.05) is 0 Å². The highest BCUT2D eigenvalue weighted by Gasteiger charge is 2.17. The number of carbonyl (C=O) groups excluding carboxylic acids is 1. The Morgan fingerprint density at radius 3 is 2.53 bits per heavy atom. The van der Waals surface area contributed by atoms with E-state index in [4.69, 9.17) is 16.3 Å². The first-order valence-electron chi connectivity index (χ1n) is 4.24. The van der Waals surface area contributed by atoms with Crippen molar-refractivity contribution in [1.82, 2.24) is 0 Å². The Labute approximate surface area is 90.8 Å². The lowest BCUT2D eigenvalue weighted by molar-refractivity contribution is -0.122. The van der Waals surface area contributed by atoms with Crippen LogP contribution in [0.5, 0.6) is 5.75 Å². The number of Topliss-reactive ketones (excluding diaryl/α,β-unsaturated/α-hetero) is 1. The Hall–Kier alpha value is -1.16. The van der Waals surface area contributed by atoms with E-state index < -0.39 is 17.7 Å². The van der Waals surface area contributed by atoms with Gasteiger partial charge >= 0.3 is 0 Å². The van der Waals surface area contributed by atoms with Gasteiger partial charge in [-0.25, -0.2) is 4.39 Å². The fourth-order valence-corrected chi connectivity index (χ4v) is 1.02. The number of hydrogen-bond acceptors (Lipinski definition) is 2. The van der Waals surface area contributed by atoms with Gasteiger partial charge in [0, 0.05) is 0 Å². The summed E-state index contributed by atoms with van der Waals surface area (Å²) >= 11 is 5.35. The molecule has 1 rings (SSSR count). The van der Waals surface area contributed by atoms with Crippen molar-refractivity contribution < 1.29 is 18.3 Å². The molecule has 0 spiro atoms. The first-order valence-corrected chi connectivity index (χ1v) is 4.62. The summed E-state index contributed by atoms with van der Waals surface area (Å²) in [5, 5.41) is -0.324. The van der Waals surface area contributed by atoms with Crippen LogP contribution in [0.2, 0.25) is 5.02 Å². The molecule has 1 atom stereocenters. The number of carbonyl (C=O) groups is 1. The smallest absolute Gasteiger partial charge is 0.202 e. The molecule has 0 aliphatic rings. The van der Waals surface area contributed by atoms with Crippen LogP contribution in [0.3, 0.4) is 0 Å². The highest BCUT2D eigenvalue weighted by molar-refractivity contribution is 6.30. The maximum Gasteiger partial charge on any atom is 0.202 e. The zero-order valence-corrected chi connectivity index (χ0v) is 8.94. The Balaban J connectivity index is 2.97. The molecule has 0 bridgehead atoms. The van der Waals surface area contributed by atoms with Crippen molar-refractivity contribution in [2.75, 3.05) is 0 Å². The van der Waals surface area contributed by atoms with Crippen molar-refractivity contribution in [2.24, 2.45) is 0 Å². The van der Waals surface area contributed by atoms with Crippen LogP contribution in [0.1, 0.15) is 13.8 Å². The van der Waals surface area contributed by atoms with Gasteiger partial charge in [0.2, 0.25) is 5.82 Å². The van der Waals surface area contributed by atoms with E-state index in [1.54, 1.807) is 0 Å². The third-order valence-corrected chi connectivity index (χ3v) is 2.17. The minimum absolute atomic E-state index is 0.273. The van der Waals surface area contributed by atoms with E-state index in [9.17, 15) is 13.6 Å². The van der Waals surface area contributed by atoms with Crippen LogP contribution in [0.15, 0.2) is 12.1 Å². The summed E-state index contributed by atoms with van der Waals surface area (Å²) in [5.41, 5.74) is 0. The molecule has 5 heteroatoms. The number of hydrogen-bond donors (Lipinski definition) is 0. The SMILES string of the molecule is CC(=O)C(C)Oc1ccc(Cl)c(F)c1F. The van der Waals surface area contributed by atoms with Crippen LogP contribution in [-0.2, 0) is 4.79 Å². The van der Waals surface area contributed by atoms with Gasteiger partial charge in [0.05, 0.1) is 5.02 Å². The summed E-state index contributed by atoms with van der Waals surface area (Å²) in [6, 6.07) is 2.35. The predicted molar refractivity (Wildman–Crippen MR) is 52.1 cm³/mol. The van der Waals surface area contributed by atoms with Crippen LogP contribution in [0.4, 0.5) is 8.78 Å². The molecule has 2 nitrogen and oxygen atoms in total. The van der Waals surface area contributed by atoms with Gasteiger partial charge in [0.1, 0.15) is 0 Å². The summed E-state index contributed by atoms with van der Waals surface area (Å²) in [6.45, 7) is 2.75. The van der Waals surface area contributed by atoms with E-state index in [0.29, 0.717) is 0 Å². The van der Waals surface area contributed by atoms with E-state index in [1.165, 1.54) is 26.0 Å². The van der Waals surface area contributed by atoms with E-state index in [2.05, 4.69) is 0 Å². The standard InChI is InChI=1S/C10H9ClF2O2/c1-5(14)6(2)15-8-4-3-7(11)9(12)10(8)13/h3-4,6H,1-2H3. The lowest BCUT2D eigenvalue weighted by atomic mass is 10.2. The molecule has 0 aliphatic heterocycles. The fraction of sp³-hybridized carbons (Fsp3) is 0.300. The van der Waals surface area contributed by atoms with Crippen molar-refractivity contribution in [1.29, 1.82) is 0 Å². The average molecular weight is 235 g/mol. The van der Waals surface area contributed by atoms with Crippen LogP contribution < -0.4 is 4.74 Å². The zero-order chi connectivity index (χ0) is 11.6. The quantitative estimate of drug-likeness (QED) is 0.752. The van der Waals surface area contributed by atoms with Crippen molar-refractivity contribution in [2.45, 2.75) is 20.0 Å². The predicted octanol–water partition coefficient (Wildman–Crippen LogP) is 2.97. The summed E-state index contributed by atoms with van der Waals surface area (Å²) in [6.07, 6.45) is -0.819. The Kier molecular flexibility index (Phi) is 3.63. The highest BCUT2D eigenvalue weighted by atomic mass is 35.5. The van der Waals surface area contributed by atoms with Crippen molar-refractivity contribution in [3.05, 3.63) is 28.8 Å². The minimum atomic E-state index is -1.18. The molecular weight excluding hydrogens is 226 g/mol. The first-order chi connectivity index (χ1) is 6.93. The third-order valence-electron chi connectivity index (χ3n) is 1.88. The molecule has 1 aromatic carbocycles. The number of rotatable bonds is 3. The largest absolute Gasteiger partial charge is 0.480 e. The summed E-state index contributed by atoms with van der Waals surface area (Å²) in [5.74, 6) is -2.95. The normalized spacial score (nSPS) is 12.3. The van der Waals surface area contributed by atoms with Crippen LogP contribution in [-0.4, -0.2) is 11.9 Å². The van der Waals surface area contributed by atoms with Gasteiger partial charge in [0.15, 0.2) is 23.5 Å². The highest BCUT2D eigenvalue weighted by Crippen LogP contribution is 2.26. The van der Waals surface area contributed by atoms with Crippen LogP contribution in [0, 0.1) is 11.6 Å². The molecule has 0 aromatic heterocycles. The van der Waals surface area contributed by atoms with Gasteiger partial charge in [-0.1, -0.05) is 11.6 Å². The van der Waals surface area contributed by atoms with Gasteiger partial charge in [0.25, 0.3) is 0 Å². The van der Waals surface area contributed by atoms with Gasteiger partial charge < -0.3 is 4.74 Å². The van der Waals surface area contributed by atoms with Crippen LogP contribution in [0.25, 0.3) is 0 Å². The van der Waals surface area contributed by atoms with Gasteiger partial charge in [-0.15, -0.1) is 0 Å². The molecule has 0 saturated heterocycles. The summed E-state index contributed by atoms with van der Waals surface area (Å²) in [7, 11) is 0. The van der Waals surface area contributed by atoms with Crippen LogP contribution >= 0.6 is 11.6 Å². The molecule has 0 saturated carbocycles. The summed E-state index contributed by atoms with van der Waals surface area (Å²) in [4.78, 5) is 10.8. The van der Waals surface area contributed by atoms with Crippen molar-refractivity contribution >= 4 is 17.4 Å². The molecule has 0 aliphatic carbocycles. The van der Waals surface area contributed by atoms with E-state index in [0.717, 1.165) is 0 Å². The number of ketones is 1. The Bertz CT molecular complexity index is 393. The number of ether oxygens (including phenoxy) is 1. The second-order valence-electron chi connectivity index (χ2n) is 3.04. The molecule has 1 aromatic rings. The monoisotopic (exact) mass is 234 g/mol. The molecule has 0 N–H and O–H groups in total. The second kappa shape index (κ2) is 4.57.